The third kappa shape index (κ3) is 31.6. The Kier molecular flexibility index (Phi) is 43.9. The molecule has 0 bridgehead atoms. The van der Waals surface area contributed by atoms with Crippen molar-refractivity contribution in [1.29, 1.82) is 0 Å². The van der Waals surface area contributed by atoms with Crippen LogP contribution in [0.4, 0.5) is 0 Å². The largest absolute Gasteiger partial charge is 0.472 e. The Labute approximate surface area is 635 Å². The number of likely N-dealkylation sites (tertiary alicyclic amines) is 3. The lowest BCUT2D eigenvalue weighted by molar-refractivity contribution is -0.282. The Morgan fingerprint density at radius 2 is 0.667 bits per heavy atom. The van der Waals surface area contributed by atoms with E-state index in [2.05, 4.69) is 0 Å². The van der Waals surface area contributed by atoms with E-state index in [9.17, 15) is 98.7 Å². The normalized spacial score (nSPS) is 32.0. The molecule has 6 saturated heterocycles. The molecule has 0 spiro atoms. The summed E-state index contributed by atoms with van der Waals surface area (Å²) in [5, 5.41) is 100. The third-order valence-electron chi connectivity index (χ3n) is 20.9. The van der Waals surface area contributed by atoms with Crippen LogP contribution in [0.2, 0.25) is 0 Å². The molecule has 12 N–H and O–H groups in total. The van der Waals surface area contributed by atoms with Crippen LogP contribution in [-0.4, -0.2) is 307 Å². The molecule has 0 aromatic heterocycles. The molecule has 34 nitrogen and oxygen atoms in total. The number of nitrogens with zero attached hydrogens (tertiary/aromatic N) is 3. The van der Waals surface area contributed by atoms with Gasteiger partial charge < -0.3 is 109 Å². The van der Waals surface area contributed by atoms with Gasteiger partial charge in [0.05, 0.1) is 114 Å². The number of methoxy groups -OCH3 is 1. The van der Waals surface area contributed by atoms with Gasteiger partial charge in [-0.2, -0.15) is 0 Å². The molecule has 628 valence electrons. The van der Waals surface area contributed by atoms with Gasteiger partial charge in [0.2, 0.25) is 17.7 Å². The van der Waals surface area contributed by atoms with Gasteiger partial charge in [0.15, 0.2) is 18.9 Å². The molecule has 6 fully saturated rings. The molecule has 0 aromatic rings. The third-order valence-corrected chi connectivity index (χ3v) is 23.0. The molecular formula is C72H129N3O31P2. The number of ketones is 3. The van der Waals surface area contributed by atoms with Gasteiger partial charge in [0.1, 0.15) is 54.0 Å². The lowest BCUT2D eigenvalue weighted by atomic mass is 9.92. The molecule has 23 atom stereocenters. The summed E-state index contributed by atoms with van der Waals surface area (Å²) in [6.45, 7) is 6.70. The molecule has 6 aliphatic rings. The van der Waals surface area contributed by atoms with Crippen molar-refractivity contribution < 1.29 is 150 Å². The van der Waals surface area contributed by atoms with Crippen LogP contribution in [0.1, 0.15) is 208 Å². The highest BCUT2D eigenvalue weighted by atomic mass is 31.2. The molecule has 0 aliphatic carbocycles. The van der Waals surface area contributed by atoms with Crippen molar-refractivity contribution in [3.63, 3.8) is 0 Å². The zero-order chi connectivity index (χ0) is 79.7. The number of rotatable bonds is 51. The summed E-state index contributed by atoms with van der Waals surface area (Å²) in [5.41, 5.74) is 0. The predicted molar refractivity (Wildman–Crippen MR) is 385 cm³/mol. The molecule has 108 heavy (non-hydrogen) atoms. The van der Waals surface area contributed by atoms with E-state index in [4.69, 9.17) is 51.3 Å². The first kappa shape index (κ1) is 95.5. The van der Waals surface area contributed by atoms with Crippen LogP contribution in [0.15, 0.2) is 0 Å². The average Bonchev–Trinajstić information content (AvgIpc) is 1.83. The smallest absolute Gasteiger partial charge is 0.394 e. The number of hydrogen-bond donors (Lipinski definition) is 12. The van der Waals surface area contributed by atoms with Crippen molar-refractivity contribution in [3.05, 3.63) is 0 Å². The number of hydrogen-bond acceptors (Lipinski definition) is 29. The molecule has 6 heterocycles. The fourth-order valence-corrected chi connectivity index (χ4v) is 16.4. The van der Waals surface area contributed by atoms with E-state index in [1.807, 2.05) is 13.8 Å². The number of carbonyl (C=O) groups excluding carboxylic acids is 6. The fourth-order valence-electron chi connectivity index (χ4n) is 14.5. The Hall–Kier alpha value is -3.04. The predicted octanol–water partition coefficient (Wildman–Crippen LogP) is 3.17. The molecule has 0 radical (unpaired) electrons. The monoisotopic (exact) mass is 1590 g/mol. The summed E-state index contributed by atoms with van der Waals surface area (Å²) < 4.78 is 89.0. The number of aliphatic hydroxyl groups is 10. The van der Waals surface area contributed by atoms with Crippen molar-refractivity contribution in [3.8, 4) is 0 Å². The Bertz CT molecular complexity index is 2740. The lowest BCUT2D eigenvalue weighted by Crippen LogP contribution is -2.55. The average molecular weight is 1590 g/mol. The van der Waals surface area contributed by atoms with Crippen molar-refractivity contribution >= 4 is 50.7 Å². The fraction of sp³-hybridized carbons (Fsp3) is 0.917. The molecule has 6 rings (SSSR count). The second-order valence-corrected chi connectivity index (χ2v) is 32.2. The first-order chi connectivity index (χ1) is 51.5. The van der Waals surface area contributed by atoms with E-state index in [1.54, 1.807) is 25.7 Å². The van der Waals surface area contributed by atoms with Crippen molar-refractivity contribution in [2.45, 2.75) is 318 Å². The zero-order valence-corrected chi connectivity index (χ0v) is 65.8. The van der Waals surface area contributed by atoms with Crippen molar-refractivity contribution in [2.75, 3.05) is 86.2 Å². The van der Waals surface area contributed by atoms with Gasteiger partial charge in [-0.15, -0.1) is 0 Å². The quantitative estimate of drug-likeness (QED) is 0.0307. The molecule has 3 amide bonds. The summed E-state index contributed by atoms with van der Waals surface area (Å²) in [6, 6.07) is -2.26. The van der Waals surface area contributed by atoms with Crippen LogP contribution in [-0.2, 0) is 89.2 Å². The Morgan fingerprint density at radius 1 is 0.389 bits per heavy atom. The number of amides is 3. The summed E-state index contributed by atoms with van der Waals surface area (Å²) in [5.74, 6) is -2.55. The van der Waals surface area contributed by atoms with Crippen LogP contribution in [0.3, 0.4) is 0 Å². The summed E-state index contributed by atoms with van der Waals surface area (Å²) in [7, 11) is -8.42. The molecule has 6 aliphatic heterocycles. The second-order valence-electron chi connectivity index (χ2n) is 29.4. The molecule has 0 aromatic carbocycles. The molecule has 8 unspecified atom stereocenters. The summed E-state index contributed by atoms with van der Waals surface area (Å²) in [6.07, 6.45) is -5.65. The van der Waals surface area contributed by atoms with E-state index < -0.39 is 183 Å². The van der Waals surface area contributed by atoms with Gasteiger partial charge in [0.25, 0.3) is 0 Å². The minimum absolute atomic E-state index is 0.00558. The number of phosphoric ester groups is 2. The highest BCUT2D eigenvalue weighted by Crippen LogP contribution is 2.50. The maximum atomic E-state index is 14.0. The van der Waals surface area contributed by atoms with Crippen LogP contribution >= 0.6 is 15.6 Å². The van der Waals surface area contributed by atoms with Crippen molar-refractivity contribution in [2.24, 2.45) is 17.8 Å². The van der Waals surface area contributed by atoms with Crippen LogP contribution < -0.4 is 0 Å². The zero-order valence-electron chi connectivity index (χ0n) is 64.1. The SMILES string of the molecule is CC.COC[C@@H]1C[C@@H](OP(=O)(O)OC[C@@H]2C[C@@H](OP(=O)(O)OC[C@@H]3C[C@@H](O)CN3C(=O)CCCCCCC(=O)CCCO[C@@H]3OC(CO)[C@H](O)[C@H](O)C3C)CN2C(=O)CCCCCCC(=O)CCCO[C@@H]2OC(CO)[C@H](O)[C@H](O)C2C)CN1C(=O)CCCCCCC(=O)CCCO[C@@H]1OC(CO)[C@H](O)[C@H](O)C1C. The molecular weight excluding hydrogens is 1460 g/mol. The number of aliphatic hydroxyl groups excluding tert-OH is 10. The number of ether oxygens (including phenoxy) is 7. The van der Waals surface area contributed by atoms with Gasteiger partial charge in [0, 0.05) is 102 Å². The minimum Gasteiger partial charge on any atom is -0.394 e. The van der Waals surface area contributed by atoms with Gasteiger partial charge >= 0.3 is 15.6 Å². The maximum Gasteiger partial charge on any atom is 0.472 e. The van der Waals surface area contributed by atoms with Crippen LogP contribution in [0, 0.1) is 17.8 Å². The van der Waals surface area contributed by atoms with E-state index in [-0.39, 0.29) is 139 Å². The van der Waals surface area contributed by atoms with Gasteiger partial charge in [-0.05, 0) is 77.0 Å². The Morgan fingerprint density at radius 3 is 0.972 bits per heavy atom. The van der Waals surface area contributed by atoms with Gasteiger partial charge in [-0.3, -0.25) is 46.9 Å². The number of unbranched alkanes of at least 4 members (excludes halogenated alkanes) is 9. The van der Waals surface area contributed by atoms with E-state index in [0.717, 1.165) is 0 Å². The first-order valence-electron chi connectivity index (χ1n) is 39.1. The van der Waals surface area contributed by atoms with E-state index in [1.165, 1.54) is 16.9 Å². The highest BCUT2D eigenvalue weighted by molar-refractivity contribution is 7.47. The Balaban J connectivity index is 0.0000104. The molecule has 0 saturated carbocycles. The number of carbonyl (C=O) groups is 6. The standard InChI is InChI=1S/C70H123N3O31P2.C2H6/c1-44-62(84)65(87)56(38-74)100-68(44)95-29-17-23-50(77)20-11-5-8-14-26-59(81)71-35-53(80)32-47(71)42-98-105(90,91)104-55-34-49(73(37-55)61(83)28-16-10-7-13-22-52(79)25-19-31-97-70-46(3)64(86)67(89)58(40-76)102-70)43-99-106(92,93)103-54-33-48(41-94-4)72(36-54)60(82)27-15-9-6-12-21-51(78)24-18-30-96-69-45(2)63(85)66(88)57(39-75)101-69;1-2/h44-49,53-58,62-70,74-76,80,84-89H,5-43H2,1-4H3,(H,90,91)(H,92,93);1-2H3/t44?,45?,46?,47-,48-,49-,53+,54+,55+,56?,57?,58?,62+,63+,64+,65-,66-,67-,68+,69+,70+;/m0./s1. The van der Waals surface area contributed by atoms with Gasteiger partial charge in [-0.25, -0.2) is 9.13 Å². The highest BCUT2D eigenvalue weighted by Gasteiger charge is 2.48. The number of Topliss-reactive ketones (excluding diaryl/α,β-unsaturated/α-hetero) is 3. The lowest BCUT2D eigenvalue weighted by Gasteiger charge is -2.40. The first-order valence-corrected chi connectivity index (χ1v) is 42.1. The topological polar surface area (TPSA) is 491 Å². The van der Waals surface area contributed by atoms with Crippen LogP contribution in [0.25, 0.3) is 0 Å². The van der Waals surface area contributed by atoms with Crippen LogP contribution in [0.5, 0.6) is 0 Å². The summed E-state index contributed by atoms with van der Waals surface area (Å²) >= 11 is 0. The van der Waals surface area contributed by atoms with E-state index >= 15 is 0 Å². The summed E-state index contributed by atoms with van der Waals surface area (Å²) in [4.78, 5) is 106. The second kappa shape index (κ2) is 49.7. The van der Waals surface area contributed by atoms with Crippen molar-refractivity contribution in [1.82, 2.24) is 14.7 Å². The maximum absolute atomic E-state index is 14.0. The number of phosphoric acid groups is 2. The minimum atomic E-state index is -4.95. The number of β-amino-alcohol motifs (C(OH)–C–C–N with tert-alkyl or cyclic N) is 1. The van der Waals surface area contributed by atoms with E-state index in [0.29, 0.717) is 109 Å². The van der Waals surface area contributed by atoms with Gasteiger partial charge in [-0.1, -0.05) is 73.1 Å². The molecule has 36 heteroatoms.